The fraction of sp³-hybridized carbons (Fsp3) is 1.00. The highest BCUT2D eigenvalue weighted by atomic mass is 15.3. The second-order valence-corrected chi connectivity index (χ2v) is 11.3. The van der Waals surface area contributed by atoms with Crippen LogP contribution in [0.1, 0.15) is 182 Å². The fourth-order valence-electron chi connectivity index (χ4n) is 5.53. The van der Waals surface area contributed by atoms with Crippen molar-refractivity contribution in [1.82, 2.24) is 0 Å². The van der Waals surface area contributed by atoms with E-state index in [2.05, 4.69) is 27.7 Å². The van der Waals surface area contributed by atoms with Crippen LogP contribution in [0.15, 0.2) is 0 Å². The van der Waals surface area contributed by atoms with Crippen LogP contribution >= 0.6 is 0 Å². The Morgan fingerprint density at radius 1 is 0.242 bits per heavy atom. The van der Waals surface area contributed by atoms with Crippen molar-refractivity contribution < 1.29 is 4.48 Å². The summed E-state index contributed by atoms with van der Waals surface area (Å²) in [4.78, 5) is 0. The molecular formula is C32H68N+. The van der Waals surface area contributed by atoms with Crippen molar-refractivity contribution in [1.29, 1.82) is 0 Å². The molecule has 0 bridgehead atoms. The molecule has 0 saturated heterocycles. The first-order valence-electron chi connectivity index (χ1n) is 16.1. The summed E-state index contributed by atoms with van der Waals surface area (Å²) in [5.74, 6) is 0. The standard InChI is InChI=1S/C32H68N/c1-5-9-13-15-17-19-21-23-25-27-31-33(29-11-7-3,30-12-8-4)32-28-26-24-22-20-18-16-14-10-6-2/h5-32H2,1-4H3/q+1. The summed E-state index contributed by atoms with van der Waals surface area (Å²) >= 11 is 0. The monoisotopic (exact) mass is 467 g/mol. The maximum atomic E-state index is 2.38. The molecule has 200 valence electrons. The van der Waals surface area contributed by atoms with Gasteiger partial charge in [-0.3, -0.25) is 0 Å². The molecule has 0 aromatic heterocycles. The summed E-state index contributed by atoms with van der Waals surface area (Å²) < 4.78 is 1.45. The summed E-state index contributed by atoms with van der Waals surface area (Å²) in [5, 5.41) is 0. The zero-order valence-corrected chi connectivity index (χ0v) is 24.2. The van der Waals surface area contributed by atoms with E-state index in [1.165, 1.54) is 185 Å². The van der Waals surface area contributed by atoms with Crippen LogP contribution in [0, 0.1) is 0 Å². The lowest BCUT2D eigenvalue weighted by Gasteiger charge is -2.39. The lowest BCUT2D eigenvalue weighted by molar-refractivity contribution is -0.929. The third-order valence-electron chi connectivity index (χ3n) is 7.94. The number of hydrogen-bond acceptors (Lipinski definition) is 0. The third-order valence-corrected chi connectivity index (χ3v) is 7.94. The van der Waals surface area contributed by atoms with E-state index < -0.39 is 0 Å². The topological polar surface area (TPSA) is 0 Å². The molecule has 0 amide bonds. The fourth-order valence-corrected chi connectivity index (χ4v) is 5.53. The first kappa shape index (κ1) is 33.0. The van der Waals surface area contributed by atoms with Crippen LogP contribution in [0.4, 0.5) is 0 Å². The van der Waals surface area contributed by atoms with E-state index in [-0.39, 0.29) is 0 Å². The van der Waals surface area contributed by atoms with E-state index in [9.17, 15) is 0 Å². The van der Waals surface area contributed by atoms with Crippen molar-refractivity contribution in [3.63, 3.8) is 0 Å². The molecule has 0 radical (unpaired) electrons. The maximum absolute atomic E-state index is 2.38. The van der Waals surface area contributed by atoms with Gasteiger partial charge in [0.25, 0.3) is 0 Å². The van der Waals surface area contributed by atoms with Crippen LogP contribution in [0.5, 0.6) is 0 Å². The molecule has 0 aromatic rings. The largest absolute Gasteiger partial charge is 0.324 e. The van der Waals surface area contributed by atoms with Gasteiger partial charge in [0, 0.05) is 0 Å². The Kier molecular flexibility index (Phi) is 26.5. The minimum absolute atomic E-state index is 1.36. The van der Waals surface area contributed by atoms with E-state index in [0.29, 0.717) is 0 Å². The molecule has 0 atom stereocenters. The molecule has 0 spiro atoms. The Balaban J connectivity index is 4.15. The van der Waals surface area contributed by atoms with Crippen LogP contribution in [0.3, 0.4) is 0 Å². The number of rotatable bonds is 28. The molecule has 0 N–H and O–H groups in total. The molecule has 0 rings (SSSR count). The highest BCUT2D eigenvalue weighted by molar-refractivity contribution is 4.54. The Bertz CT molecular complexity index is 316. The minimum Gasteiger partial charge on any atom is -0.324 e. The predicted molar refractivity (Wildman–Crippen MR) is 153 cm³/mol. The van der Waals surface area contributed by atoms with Gasteiger partial charge in [0.15, 0.2) is 0 Å². The molecule has 1 heteroatoms. The summed E-state index contributed by atoms with van der Waals surface area (Å²) in [5.41, 5.74) is 0. The van der Waals surface area contributed by atoms with Crippen LogP contribution in [-0.4, -0.2) is 30.7 Å². The summed E-state index contributed by atoms with van der Waals surface area (Å²) in [7, 11) is 0. The van der Waals surface area contributed by atoms with Crippen molar-refractivity contribution in [2.75, 3.05) is 26.2 Å². The smallest absolute Gasteiger partial charge is 0.0786 e. The SMILES string of the molecule is CCCCCCCCCCCC[N+](CCCC)(CCCC)CCCCCCCCCCCC. The van der Waals surface area contributed by atoms with Crippen molar-refractivity contribution in [2.45, 2.75) is 182 Å². The van der Waals surface area contributed by atoms with Crippen molar-refractivity contribution in [2.24, 2.45) is 0 Å². The van der Waals surface area contributed by atoms with E-state index in [1.54, 1.807) is 0 Å². The average molecular weight is 467 g/mol. The van der Waals surface area contributed by atoms with Gasteiger partial charge >= 0.3 is 0 Å². The van der Waals surface area contributed by atoms with E-state index in [0.717, 1.165) is 0 Å². The Hall–Kier alpha value is -0.0400. The zero-order chi connectivity index (χ0) is 24.3. The molecule has 33 heavy (non-hydrogen) atoms. The molecule has 0 unspecified atom stereocenters. The highest BCUT2D eigenvalue weighted by Gasteiger charge is 2.25. The second-order valence-electron chi connectivity index (χ2n) is 11.3. The molecule has 0 aliphatic rings. The summed E-state index contributed by atoms with van der Waals surface area (Å²) in [6.07, 6.45) is 34.8. The molecule has 0 aliphatic carbocycles. The van der Waals surface area contributed by atoms with Gasteiger partial charge in [0.1, 0.15) is 0 Å². The van der Waals surface area contributed by atoms with Gasteiger partial charge in [-0.05, 0) is 38.5 Å². The van der Waals surface area contributed by atoms with Crippen molar-refractivity contribution >= 4 is 0 Å². The van der Waals surface area contributed by atoms with Gasteiger partial charge in [-0.15, -0.1) is 0 Å². The Morgan fingerprint density at radius 3 is 0.727 bits per heavy atom. The summed E-state index contributed by atoms with van der Waals surface area (Å²) in [6, 6.07) is 0. The normalized spacial score (nSPS) is 12.0. The van der Waals surface area contributed by atoms with Gasteiger partial charge < -0.3 is 4.48 Å². The molecule has 0 fully saturated rings. The Labute approximate surface area is 212 Å². The zero-order valence-electron chi connectivity index (χ0n) is 24.2. The van der Waals surface area contributed by atoms with E-state index >= 15 is 0 Å². The van der Waals surface area contributed by atoms with Crippen LogP contribution in [0.25, 0.3) is 0 Å². The molecule has 0 aromatic carbocycles. The molecule has 0 saturated carbocycles. The van der Waals surface area contributed by atoms with Gasteiger partial charge in [-0.25, -0.2) is 0 Å². The number of unbranched alkanes of at least 4 members (excludes halogenated alkanes) is 20. The van der Waals surface area contributed by atoms with E-state index in [4.69, 9.17) is 0 Å². The maximum Gasteiger partial charge on any atom is 0.0786 e. The number of hydrogen-bond donors (Lipinski definition) is 0. The number of quaternary nitrogens is 1. The van der Waals surface area contributed by atoms with Crippen LogP contribution in [-0.2, 0) is 0 Å². The lowest BCUT2D eigenvalue weighted by Crippen LogP contribution is -2.50. The molecule has 0 aliphatic heterocycles. The Morgan fingerprint density at radius 2 is 0.455 bits per heavy atom. The third kappa shape index (κ3) is 22.2. The van der Waals surface area contributed by atoms with Crippen LogP contribution in [0.2, 0.25) is 0 Å². The minimum atomic E-state index is 1.36. The van der Waals surface area contributed by atoms with Crippen molar-refractivity contribution in [3.8, 4) is 0 Å². The van der Waals surface area contributed by atoms with Gasteiger partial charge in [-0.1, -0.05) is 143 Å². The number of nitrogens with zero attached hydrogens (tertiary/aromatic N) is 1. The predicted octanol–water partition coefficient (Wildman–Crippen LogP) is 11.2. The molecule has 1 nitrogen and oxygen atoms in total. The average Bonchev–Trinajstić information content (AvgIpc) is 2.83. The first-order valence-corrected chi connectivity index (χ1v) is 16.1. The molecule has 0 heterocycles. The van der Waals surface area contributed by atoms with E-state index in [1.807, 2.05) is 0 Å². The van der Waals surface area contributed by atoms with Gasteiger partial charge in [0.2, 0.25) is 0 Å². The second kappa shape index (κ2) is 26.6. The summed E-state index contributed by atoms with van der Waals surface area (Å²) in [6.45, 7) is 15.2. The quantitative estimate of drug-likeness (QED) is 0.0794. The van der Waals surface area contributed by atoms with Gasteiger partial charge in [-0.2, -0.15) is 0 Å². The first-order chi connectivity index (χ1) is 16.2. The highest BCUT2D eigenvalue weighted by Crippen LogP contribution is 2.19. The van der Waals surface area contributed by atoms with Crippen molar-refractivity contribution in [3.05, 3.63) is 0 Å². The van der Waals surface area contributed by atoms with Crippen LogP contribution < -0.4 is 0 Å². The van der Waals surface area contributed by atoms with Gasteiger partial charge in [0.05, 0.1) is 26.2 Å². The molecular weight excluding hydrogens is 398 g/mol. The lowest BCUT2D eigenvalue weighted by atomic mass is 10.0.